The van der Waals surface area contributed by atoms with Gasteiger partial charge in [-0.3, -0.25) is 0 Å². The highest BCUT2D eigenvalue weighted by Crippen LogP contribution is 2.44. The maximum Gasteiger partial charge on any atom is 0.137 e. The zero-order valence-electron chi connectivity index (χ0n) is 12.2. The van der Waals surface area contributed by atoms with E-state index in [-0.39, 0.29) is 0 Å². The van der Waals surface area contributed by atoms with E-state index in [0.29, 0.717) is 5.92 Å². The van der Waals surface area contributed by atoms with Gasteiger partial charge in [0.2, 0.25) is 0 Å². The first-order chi connectivity index (χ1) is 9.11. The number of nitrogens with two attached hydrogens (primary N) is 1. The fourth-order valence-electron chi connectivity index (χ4n) is 3.34. The van der Waals surface area contributed by atoms with Crippen LogP contribution in [0.5, 0.6) is 5.75 Å². The molecule has 0 fully saturated rings. The molecule has 1 aliphatic rings. The lowest BCUT2D eigenvalue weighted by Gasteiger charge is -2.27. The van der Waals surface area contributed by atoms with Gasteiger partial charge in [-0.1, -0.05) is 6.92 Å². The van der Waals surface area contributed by atoms with Gasteiger partial charge in [0, 0.05) is 5.56 Å². The highest BCUT2D eigenvalue weighted by Gasteiger charge is 2.25. The Bertz CT molecular complexity index is 471. The van der Waals surface area contributed by atoms with Crippen molar-refractivity contribution in [3.63, 3.8) is 0 Å². The smallest absolute Gasteiger partial charge is 0.137 e. The Morgan fingerprint density at radius 2 is 1.89 bits per heavy atom. The molecule has 0 spiro atoms. The first-order valence-corrected chi connectivity index (χ1v) is 7.98. The molecule has 0 aromatic heterocycles. The molecule has 1 aromatic rings. The second-order valence-corrected chi connectivity index (χ2v) is 6.32. The largest absolute Gasteiger partial charge is 0.495 e. The average Bonchev–Trinajstić information content (AvgIpc) is 2.42. The monoisotopic (exact) mass is 325 g/mol. The van der Waals surface area contributed by atoms with Crippen molar-refractivity contribution in [3.8, 4) is 5.75 Å². The third-order valence-corrected chi connectivity index (χ3v) is 5.17. The normalized spacial score (nSPS) is 16.1. The van der Waals surface area contributed by atoms with Gasteiger partial charge in [0.1, 0.15) is 5.75 Å². The van der Waals surface area contributed by atoms with Crippen LogP contribution in [0.25, 0.3) is 0 Å². The Morgan fingerprint density at radius 3 is 2.47 bits per heavy atom. The fourth-order valence-corrected chi connectivity index (χ4v) is 4.15. The van der Waals surface area contributed by atoms with Crippen molar-refractivity contribution in [1.29, 1.82) is 0 Å². The number of halogens is 1. The van der Waals surface area contributed by atoms with Crippen molar-refractivity contribution in [3.05, 3.63) is 26.7 Å². The summed E-state index contributed by atoms with van der Waals surface area (Å²) in [4.78, 5) is 0. The maximum atomic E-state index is 5.73. The summed E-state index contributed by atoms with van der Waals surface area (Å²) in [5, 5.41) is 0. The summed E-state index contributed by atoms with van der Waals surface area (Å²) in [6.07, 6.45) is 5.95. The fraction of sp³-hybridized carbons (Fsp3) is 0.625. The molecule has 2 nitrogen and oxygen atoms in total. The van der Waals surface area contributed by atoms with Gasteiger partial charge in [0.15, 0.2) is 0 Å². The molecule has 2 N–H and O–H groups in total. The SMILES string of the molecule is COc1c(Br)c2c(c(C)c1C(C)CCN)CCCC2. The minimum absolute atomic E-state index is 0.448. The molecule has 19 heavy (non-hydrogen) atoms. The van der Waals surface area contributed by atoms with Crippen LogP contribution in [0.3, 0.4) is 0 Å². The predicted octanol–water partition coefficient (Wildman–Crippen LogP) is 4.10. The van der Waals surface area contributed by atoms with Crippen LogP contribution in [0, 0.1) is 6.92 Å². The highest BCUT2D eigenvalue weighted by atomic mass is 79.9. The van der Waals surface area contributed by atoms with Gasteiger partial charge in [0.05, 0.1) is 11.6 Å². The summed E-state index contributed by atoms with van der Waals surface area (Å²) in [6.45, 7) is 5.22. The lowest BCUT2D eigenvalue weighted by Crippen LogP contribution is -2.13. The van der Waals surface area contributed by atoms with Crippen LogP contribution in [0.1, 0.15) is 54.4 Å². The van der Waals surface area contributed by atoms with Gasteiger partial charge in [-0.15, -0.1) is 0 Å². The second-order valence-electron chi connectivity index (χ2n) is 5.53. The van der Waals surface area contributed by atoms with Crippen molar-refractivity contribution < 1.29 is 4.74 Å². The van der Waals surface area contributed by atoms with E-state index in [1.807, 2.05) is 0 Å². The molecule has 2 rings (SSSR count). The van der Waals surface area contributed by atoms with E-state index in [0.717, 1.165) is 18.7 Å². The molecule has 106 valence electrons. The first kappa shape index (κ1) is 14.9. The maximum absolute atomic E-state index is 5.73. The van der Waals surface area contributed by atoms with Gasteiger partial charge in [-0.05, 0) is 84.1 Å². The molecule has 0 radical (unpaired) electrons. The van der Waals surface area contributed by atoms with Gasteiger partial charge >= 0.3 is 0 Å². The number of methoxy groups -OCH3 is 1. The van der Waals surface area contributed by atoms with Crippen LogP contribution in [-0.2, 0) is 12.8 Å². The van der Waals surface area contributed by atoms with Crippen LogP contribution in [-0.4, -0.2) is 13.7 Å². The predicted molar refractivity (Wildman–Crippen MR) is 84.2 cm³/mol. The van der Waals surface area contributed by atoms with Crippen LogP contribution in [0.4, 0.5) is 0 Å². The summed E-state index contributed by atoms with van der Waals surface area (Å²) in [7, 11) is 1.77. The zero-order chi connectivity index (χ0) is 14.0. The lowest BCUT2D eigenvalue weighted by molar-refractivity contribution is 0.400. The van der Waals surface area contributed by atoms with Crippen molar-refractivity contribution >= 4 is 15.9 Å². The molecular formula is C16H24BrNO. The highest BCUT2D eigenvalue weighted by molar-refractivity contribution is 9.10. The number of rotatable bonds is 4. The van der Waals surface area contributed by atoms with E-state index in [1.165, 1.54) is 52.4 Å². The quantitative estimate of drug-likeness (QED) is 0.904. The van der Waals surface area contributed by atoms with E-state index in [4.69, 9.17) is 10.5 Å². The first-order valence-electron chi connectivity index (χ1n) is 7.19. The van der Waals surface area contributed by atoms with Crippen molar-refractivity contribution in [2.24, 2.45) is 5.73 Å². The summed E-state index contributed by atoms with van der Waals surface area (Å²) in [5.74, 6) is 1.47. The Balaban J connectivity index is 2.61. The summed E-state index contributed by atoms with van der Waals surface area (Å²) in [5.41, 5.74) is 11.5. The minimum Gasteiger partial charge on any atom is -0.495 e. The molecule has 0 bridgehead atoms. The van der Waals surface area contributed by atoms with Crippen LogP contribution in [0.2, 0.25) is 0 Å². The number of ether oxygens (including phenoxy) is 1. The molecule has 1 atom stereocenters. The topological polar surface area (TPSA) is 35.2 Å². The standard InChI is InChI=1S/C16H24BrNO/c1-10(8-9-18)14-11(2)12-6-4-5-7-13(12)15(17)16(14)19-3/h10H,4-9,18H2,1-3H3. The molecule has 0 heterocycles. The molecule has 0 saturated heterocycles. The van der Waals surface area contributed by atoms with Gasteiger partial charge in [0.25, 0.3) is 0 Å². The van der Waals surface area contributed by atoms with Crippen molar-refractivity contribution in [2.75, 3.05) is 13.7 Å². The molecule has 0 amide bonds. The molecule has 1 unspecified atom stereocenters. The van der Waals surface area contributed by atoms with E-state index in [2.05, 4.69) is 29.8 Å². The Hall–Kier alpha value is -0.540. The minimum atomic E-state index is 0.448. The van der Waals surface area contributed by atoms with Crippen molar-refractivity contribution in [2.45, 2.75) is 51.9 Å². The molecule has 1 aromatic carbocycles. The number of benzene rings is 1. The second kappa shape index (κ2) is 6.27. The Morgan fingerprint density at radius 1 is 1.26 bits per heavy atom. The summed E-state index contributed by atoms with van der Waals surface area (Å²) in [6, 6.07) is 0. The number of fused-ring (bicyclic) bond motifs is 1. The third-order valence-electron chi connectivity index (χ3n) is 4.33. The zero-order valence-corrected chi connectivity index (χ0v) is 13.8. The Labute approximate surface area is 124 Å². The van der Waals surface area contributed by atoms with E-state index in [9.17, 15) is 0 Å². The number of hydrogen-bond donors (Lipinski definition) is 1. The van der Waals surface area contributed by atoms with Crippen LogP contribution >= 0.6 is 15.9 Å². The van der Waals surface area contributed by atoms with Crippen molar-refractivity contribution in [1.82, 2.24) is 0 Å². The molecule has 3 heteroatoms. The molecule has 1 aliphatic carbocycles. The summed E-state index contributed by atoms with van der Waals surface area (Å²) >= 11 is 3.78. The van der Waals surface area contributed by atoms with Gasteiger partial charge < -0.3 is 10.5 Å². The van der Waals surface area contributed by atoms with E-state index < -0.39 is 0 Å². The van der Waals surface area contributed by atoms with Crippen LogP contribution < -0.4 is 10.5 Å². The average molecular weight is 326 g/mol. The number of hydrogen-bond acceptors (Lipinski definition) is 2. The molecule has 0 saturated carbocycles. The van der Waals surface area contributed by atoms with Gasteiger partial charge in [-0.2, -0.15) is 0 Å². The van der Waals surface area contributed by atoms with Gasteiger partial charge in [-0.25, -0.2) is 0 Å². The molecular weight excluding hydrogens is 302 g/mol. The molecule has 0 aliphatic heterocycles. The lowest BCUT2D eigenvalue weighted by atomic mass is 9.82. The third kappa shape index (κ3) is 2.68. The van der Waals surface area contributed by atoms with E-state index >= 15 is 0 Å². The Kier molecular flexibility index (Phi) is 4.91. The van der Waals surface area contributed by atoms with E-state index in [1.54, 1.807) is 7.11 Å². The summed E-state index contributed by atoms with van der Waals surface area (Å²) < 4.78 is 6.88. The van der Waals surface area contributed by atoms with Crippen LogP contribution in [0.15, 0.2) is 4.47 Å².